The smallest absolute Gasteiger partial charge is 0.255 e. The molecule has 0 saturated carbocycles. The molecule has 0 spiro atoms. The van der Waals surface area contributed by atoms with Gasteiger partial charge in [0.05, 0.1) is 20.8 Å². The largest absolute Gasteiger partial charge is 0.491 e. The summed E-state index contributed by atoms with van der Waals surface area (Å²) in [5.74, 6) is 0.173. The molecule has 2 heterocycles. The number of hydrogen-bond acceptors (Lipinski definition) is 4. The molecule has 1 aromatic carbocycles. The number of halogens is 2. The van der Waals surface area contributed by atoms with Gasteiger partial charge in [-0.05, 0) is 56.1 Å². The molecule has 0 atom stereocenters. The van der Waals surface area contributed by atoms with E-state index in [1.54, 1.807) is 24.3 Å². The van der Waals surface area contributed by atoms with Gasteiger partial charge in [-0.15, -0.1) is 11.3 Å². The van der Waals surface area contributed by atoms with Crippen LogP contribution in [0.4, 0.5) is 0 Å². The highest BCUT2D eigenvalue weighted by Crippen LogP contribution is 2.34. The van der Waals surface area contributed by atoms with E-state index in [9.17, 15) is 9.59 Å². The molecule has 108 valence electrons. The van der Waals surface area contributed by atoms with Crippen molar-refractivity contribution in [3.8, 4) is 5.75 Å². The molecular weight excluding hydrogens is 422 g/mol. The molecule has 0 saturated heterocycles. The Labute approximate surface area is 141 Å². The molecule has 0 aliphatic carbocycles. The molecule has 21 heavy (non-hydrogen) atoms. The van der Waals surface area contributed by atoms with E-state index < -0.39 is 0 Å². The lowest BCUT2D eigenvalue weighted by Crippen LogP contribution is -2.24. The van der Waals surface area contributed by atoms with Gasteiger partial charge in [-0.1, -0.05) is 0 Å². The highest BCUT2D eigenvalue weighted by atomic mass is 79.9. The Bertz CT molecular complexity index is 722. The fraction of sp³-hybridized carbons (Fsp3) is 0.143. The van der Waals surface area contributed by atoms with Crippen molar-refractivity contribution in [2.24, 2.45) is 0 Å². The highest BCUT2D eigenvalue weighted by molar-refractivity contribution is 9.13. The summed E-state index contributed by atoms with van der Waals surface area (Å²) in [7, 11) is 0. The van der Waals surface area contributed by atoms with Gasteiger partial charge in [0, 0.05) is 10.0 Å². The summed E-state index contributed by atoms with van der Waals surface area (Å²) in [6.07, 6.45) is 0. The number of rotatable bonds is 2. The number of nitrogens with one attached hydrogen (secondary N) is 1. The molecule has 0 bridgehead atoms. The predicted octanol–water partition coefficient (Wildman–Crippen LogP) is 3.63. The van der Waals surface area contributed by atoms with Crippen LogP contribution in [0.25, 0.3) is 0 Å². The summed E-state index contributed by atoms with van der Waals surface area (Å²) in [4.78, 5) is 25.0. The van der Waals surface area contributed by atoms with Gasteiger partial charge in [0.1, 0.15) is 12.4 Å². The molecule has 0 radical (unpaired) electrons. The fourth-order valence-corrected chi connectivity index (χ4v) is 3.99. The molecule has 7 heteroatoms. The molecule has 1 amide bonds. The Balaban J connectivity index is 2.00. The minimum Gasteiger partial charge on any atom is -0.491 e. The third-order valence-electron chi connectivity index (χ3n) is 3.00. The SMILES string of the molecule is O=C(c1ccc2c(c1)C(=O)NCCO2)c1cc(Br)c(Br)s1. The first-order valence-electron chi connectivity index (χ1n) is 6.11. The van der Waals surface area contributed by atoms with Crippen molar-refractivity contribution in [1.82, 2.24) is 5.32 Å². The lowest BCUT2D eigenvalue weighted by atomic mass is 10.0. The molecule has 1 aromatic heterocycles. The zero-order chi connectivity index (χ0) is 15.0. The lowest BCUT2D eigenvalue weighted by Gasteiger charge is -2.06. The van der Waals surface area contributed by atoms with E-state index in [2.05, 4.69) is 37.2 Å². The minimum atomic E-state index is -0.217. The van der Waals surface area contributed by atoms with E-state index in [0.717, 1.165) is 8.26 Å². The van der Waals surface area contributed by atoms with Crippen LogP contribution in [0.2, 0.25) is 0 Å². The maximum absolute atomic E-state index is 12.5. The van der Waals surface area contributed by atoms with Crippen LogP contribution >= 0.6 is 43.2 Å². The van der Waals surface area contributed by atoms with Crippen molar-refractivity contribution in [3.05, 3.63) is 48.5 Å². The van der Waals surface area contributed by atoms with Crippen LogP contribution < -0.4 is 10.1 Å². The normalized spacial score (nSPS) is 13.9. The predicted molar refractivity (Wildman–Crippen MR) is 87.4 cm³/mol. The summed E-state index contributed by atoms with van der Waals surface area (Å²) in [5.41, 5.74) is 0.865. The Morgan fingerprint density at radius 2 is 2.10 bits per heavy atom. The summed E-state index contributed by atoms with van der Waals surface area (Å²) >= 11 is 8.08. The molecule has 3 rings (SSSR count). The van der Waals surface area contributed by atoms with E-state index >= 15 is 0 Å². The zero-order valence-electron chi connectivity index (χ0n) is 10.6. The number of ether oxygens (including phenoxy) is 1. The first kappa shape index (κ1) is 14.7. The van der Waals surface area contributed by atoms with Crippen LogP contribution in [0.1, 0.15) is 25.6 Å². The van der Waals surface area contributed by atoms with Crippen molar-refractivity contribution in [3.63, 3.8) is 0 Å². The third-order valence-corrected chi connectivity index (χ3v) is 6.26. The van der Waals surface area contributed by atoms with Crippen molar-refractivity contribution in [2.75, 3.05) is 13.2 Å². The minimum absolute atomic E-state index is 0.119. The van der Waals surface area contributed by atoms with E-state index in [-0.39, 0.29) is 11.7 Å². The zero-order valence-corrected chi connectivity index (χ0v) is 14.6. The standard InChI is InChI=1S/C14H9Br2NO3S/c15-9-6-11(21-13(9)16)12(18)7-1-2-10-8(5-7)14(19)17-3-4-20-10/h1-2,5-6H,3-4H2,(H,17,19). The molecule has 0 unspecified atom stereocenters. The lowest BCUT2D eigenvalue weighted by molar-refractivity contribution is 0.0957. The Morgan fingerprint density at radius 1 is 1.29 bits per heavy atom. The van der Waals surface area contributed by atoms with Crippen LogP contribution in [-0.2, 0) is 0 Å². The van der Waals surface area contributed by atoms with Crippen molar-refractivity contribution in [2.45, 2.75) is 0 Å². The van der Waals surface area contributed by atoms with Gasteiger partial charge in [0.25, 0.3) is 5.91 Å². The third kappa shape index (κ3) is 2.90. The van der Waals surface area contributed by atoms with Crippen molar-refractivity contribution >= 4 is 54.9 Å². The van der Waals surface area contributed by atoms with Gasteiger partial charge in [-0.25, -0.2) is 0 Å². The van der Waals surface area contributed by atoms with Crippen LogP contribution in [-0.4, -0.2) is 24.8 Å². The second kappa shape index (κ2) is 5.90. The van der Waals surface area contributed by atoms with E-state index in [1.165, 1.54) is 11.3 Å². The van der Waals surface area contributed by atoms with Gasteiger partial charge >= 0.3 is 0 Å². The number of ketones is 1. The second-order valence-corrected chi connectivity index (χ2v) is 7.60. The molecule has 0 fully saturated rings. The summed E-state index contributed by atoms with van der Waals surface area (Å²) < 4.78 is 7.18. The van der Waals surface area contributed by atoms with Crippen molar-refractivity contribution < 1.29 is 14.3 Å². The second-order valence-electron chi connectivity index (χ2n) is 4.38. The fourth-order valence-electron chi connectivity index (χ4n) is 2.00. The van der Waals surface area contributed by atoms with Crippen LogP contribution in [0.3, 0.4) is 0 Å². The van der Waals surface area contributed by atoms with Crippen molar-refractivity contribution in [1.29, 1.82) is 0 Å². The Morgan fingerprint density at radius 3 is 2.81 bits per heavy atom. The van der Waals surface area contributed by atoms with Crippen LogP contribution in [0.5, 0.6) is 5.75 Å². The quantitative estimate of drug-likeness (QED) is 0.740. The summed E-state index contributed by atoms with van der Waals surface area (Å²) in [6.45, 7) is 0.887. The number of amides is 1. The maximum atomic E-state index is 12.5. The molecule has 1 aliphatic heterocycles. The highest BCUT2D eigenvalue weighted by Gasteiger charge is 2.20. The number of fused-ring (bicyclic) bond motifs is 1. The van der Waals surface area contributed by atoms with Gasteiger partial charge in [-0.2, -0.15) is 0 Å². The van der Waals surface area contributed by atoms with Crippen LogP contribution in [0.15, 0.2) is 32.5 Å². The van der Waals surface area contributed by atoms with E-state index in [4.69, 9.17) is 4.74 Å². The first-order valence-corrected chi connectivity index (χ1v) is 8.51. The summed E-state index contributed by atoms with van der Waals surface area (Å²) in [6, 6.07) is 6.70. The number of hydrogen-bond donors (Lipinski definition) is 1. The van der Waals surface area contributed by atoms with Gasteiger partial charge < -0.3 is 10.1 Å². The molecular formula is C14H9Br2NO3S. The van der Waals surface area contributed by atoms with E-state index in [0.29, 0.717) is 34.9 Å². The monoisotopic (exact) mass is 429 g/mol. The number of carbonyl (C=O) groups excluding carboxylic acids is 2. The Hall–Kier alpha value is -1.18. The topological polar surface area (TPSA) is 55.4 Å². The molecule has 1 N–H and O–H groups in total. The molecule has 1 aliphatic rings. The Kier molecular flexibility index (Phi) is 4.14. The van der Waals surface area contributed by atoms with Gasteiger partial charge in [0.2, 0.25) is 5.78 Å². The van der Waals surface area contributed by atoms with Gasteiger partial charge in [0.15, 0.2) is 0 Å². The maximum Gasteiger partial charge on any atom is 0.255 e. The summed E-state index contributed by atoms with van der Waals surface area (Å²) in [5, 5.41) is 2.73. The molecule has 2 aromatic rings. The molecule has 4 nitrogen and oxygen atoms in total. The number of carbonyl (C=O) groups is 2. The van der Waals surface area contributed by atoms with Crippen LogP contribution in [0, 0.1) is 0 Å². The number of thiophene rings is 1. The average molecular weight is 431 g/mol. The van der Waals surface area contributed by atoms with E-state index in [1.807, 2.05) is 0 Å². The average Bonchev–Trinajstić information content (AvgIpc) is 2.70. The first-order chi connectivity index (χ1) is 10.1. The number of benzene rings is 1. The van der Waals surface area contributed by atoms with Gasteiger partial charge in [-0.3, -0.25) is 9.59 Å².